The molecule has 0 saturated heterocycles. The smallest absolute Gasteiger partial charge is 0.341 e. The van der Waals surface area contributed by atoms with Crippen LogP contribution in [0, 0.1) is 0 Å². The van der Waals surface area contributed by atoms with Crippen LogP contribution in [0.15, 0.2) is 72.1 Å². The molecule has 0 aliphatic heterocycles. The van der Waals surface area contributed by atoms with E-state index in [1.54, 1.807) is 0 Å². The maximum atomic E-state index is 10.9. The highest BCUT2D eigenvalue weighted by Crippen LogP contribution is 2.38. The van der Waals surface area contributed by atoms with Gasteiger partial charge in [0.1, 0.15) is 12.4 Å². The van der Waals surface area contributed by atoms with Crippen molar-refractivity contribution >= 4 is 11.7 Å². The number of aromatic nitrogens is 1. The van der Waals surface area contributed by atoms with Crippen molar-refractivity contribution in [2.24, 2.45) is 5.16 Å². The minimum absolute atomic E-state index is 0.317. The van der Waals surface area contributed by atoms with Gasteiger partial charge in [0.15, 0.2) is 6.61 Å². The quantitative estimate of drug-likeness (QED) is 0.270. The Balaban J connectivity index is 1.41. The third kappa shape index (κ3) is 5.58. The number of carboxylic acids is 1. The fourth-order valence-electron chi connectivity index (χ4n) is 4.29. The Bertz CT molecular complexity index is 1040. The molecule has 0 radical (unpaired) electrons. The molecular weight excluding hydrogens is 404 g/mol. The Hall–Kier alpha value is -3.54. The molecule has 0 amide bonds. The zero-order chi connectivity index (χ0) is 22.2. The first-order chi connectivity index (χ1) is 15.7. The number of hydrogen-bond donors (Lipinski definition) is 2. The highest BCUT2D eigenvalue weighted by molar-refractivity contribution is 6.01. The van der Waals surface area contributed by atoms with Crippen LogP contribution in [0.4, 0.5) is 0 Å². The van der Waals surface area contributed by atoms with Crippen LogP contribution in [-0.4, -0.2) is 35.0 Å². The SMILES string of the molecule is O=C(O)COc1cccc2c1CCCC2CCON=C(Cc1cc[nH]c1)c1ccccc1. The first kappa shape index (κ1) is 21.7. The van der Waals surface area contributed by atoms with Gasteiger partial charge in [-0.3, -0.25) is 0 Å². The van der Waals surface area contributed by atoms with Gasteiger partial charge >= 0.3 is 5.97 Å². The lowest BCUT2D eigenvalue weighted by molar-refractivity contribution is -0.139. The molecule has 4 rings (SSSR count). The maximum absolute atomic E-state index is 10.9. The molecule has 1 heterocycles. The summed E-state index contributed by atoms with van der Waals surface area (Å²) in [5, 5.41) is 13.4. The van der Waals surface area contributed by atoms with Crippen molar-refractivity contribution in [2.75, 3.05) is 13.2 Å². The number of aliphatic carboxylic acids is 1. The lowest BCUT2D eigenvalue weighted by Crippen LogP contribution is -2.15. The number of benzene rings is 2. The Kier molecular flexibility index (Phi) is 7.23. The summed E-state index contributed by atoms with van der Waals surface area (Å²) in [6, 6.07) is 18.1. The maximum Gasteiger partial charge on any atom is 0.341 e. The van der Waals surface area contributed by atoms with Gasteiger partial charge in [-0.2, -0.15) is 0 Å². The first-order valence-corrected chi connectivity index (χ1v) is 11.0. The number of ether oxygens (including phenoxy) is 1. The largest absolute Gasteiger partial charge is 0.482 e. The molecule has 2 aromatic carbocycles. The second kappa shape index (κ2) is 10.7. The van der Waals surface area contributed by atoms with E-state index in [0.29, 0.717) is 24.7 Å². The Labute approximate surface area is 187 Å². The molecule has 1 aliphatic carbocycles. The molecule has 1 aliphatic rings. The van der Waals surface area contributed by atoms with Crippen LogP contribution >= 0.6 is 0 Å². The van der Waals surface area contributed by atoms with Gasteiger partial charge in [-0.05, 0) is 66.0 Å². The zero-order valence-corrected chi connectivity index (χ0v) is 18.0. The van der Waals surface area contributed by atoms with Crippen LogP contribution in [0.5, 0.6) is 5.75 Å². The fraction of sp³-hybridized carbons (Fsp3) is 0.308. The topological polar surface area (TPSA) is 83.9 Å². The van der Waals surface area contributed by atoms with Crippen molar-refractivity contribution in [1.82, 2.24) is 4.98 Å². The Morgan fingerprint density at radius 3 is 2.78 bits per heavy atom. The van der Waals surface area contributed by atoms with Crippen molar-refractivity contribution in [3.63, 3.8) is 0 Å². The third-order valence-corrected chi connectivity index (χ3v) is 5.81. The van der Waals surface area contributed by atoms with Crippen molar-refractivity contribution in [3.8, 4) is 5.75 Å². The van der Waals surface area contributed by atoms with Gasteiger partial charge in [-0.1, -0.05) is 47.6 Å². The summed E-state index contributed by atoms with van der Waals surface area (Å²) in [5.41, 5.74) is 5.48. The third-order valence-electron chi connectivity index (χ3n) is 5.81. The average Bonchev–Trinajstić information content (AvgIpc) is 3.33. The van der Waals surface area contributed by atoms with Gasteiger partial charge in [0.05, 0.1) is 5.71 Å². The van der Waals surface area contributed by atoms with Crippen molar-refractivity contribution in [1.29, 1.82) is 0 Å². The number of aromatic amines is 1. The number of carbonyl (C=O) groups is 1. The van der Waals surface area contributed by atoms with Crippen LogP contribution in [0.3, 0.4) is 0 Å². The molecule has 0 saturated carbocycles. The van der Waals surface area contributed by atoms with E-state index >= 15 is 0 Å². The van der Waals surface area contributed by atoms with Crippen molar-refractivity contribution in [3.05, 3.63) is 89.2 Å². The first-order valence-electron chi connectivity index (χ1n) is 11.0. The number of oxime groups is 1. The van der Waals surface area contributed by atoms with Crippen LogP contribution in [0.2, 0.25) is 0 Å². The molecular formula is C26H28N2O4. The lowest BCUT2D eigenvalue weighted by atomic mass is 9.81. The van der Waals surface area contributed by atoms with Gasteiger partial charge in [-0.25, -0.2) is 4.79 Å². The average molecular weight is 433 g/mol. The lowest BCUT2D eigenvalue weighted by Gasteiger charge is -2.26. The molecule has 0 spiro atoms. The molecule has 3 aromatic rings. The summed E-state index contributed by atoms with van der Waals surface area (Å²) < 4.78 is 5.51. The van der Waals surface area contributed by atoms with Gasteiger partial charge in [0, 0.05) is 18.8 Å². The zero-order valence-electron chi connectivity index (χ0n) is 18.0. The van der Waals surface area contributed by atoms with E-state index < -0.39 is 5.97 Å². The van der Waals surface area contributed by atoms with Crippen LogP contribution in [-0.2, 0) is 22.5 Å². The van der Waals surface area contributed by atoms with E-state index in [2.05, 4.69) is 16.2 Å². The standard InChI is InChI=1S/C26H28N2O4/c29-26(30)18-31-25-11-5-9-22-20(8-4-10-23(22)25)13-15-32-28-24(16-19-12-14-27-17-19)21-6-2-1-3-7-21/h1-3,5-7,9,11-12,14,17,20,27H,4,8,10,13,15-16,18H2,(H,29,30). The minimum Gasteiger partial charge on any atom is -0.482 e. The van der Waals surface area contributed by atoms with E-state index in [-0.39, 0.29) is 6.61 Å². The van der Waals surface area contributed by atoms with Gasteiger partial charge < -0.3 is 19.7 Å². The Morgan fingerprint density at radius 1 is 1.12 bits per heavy atom. The molecule has 1 aromatic heterocycles. The number of hydrogen-bond acceptors (Lipinski definition) is 4. The number of H-pyrrole nitrogens is 1. The molecule has 0 bridgehead atoms. The van der Waals surface area contributed by atoms with Gasteiger partial charge in [-0.15, -0.1) is 0 Å². The van der Waals surface area contributed by atoms with E-state index in [0.717, 1.165) is 48.1 Å². The Morgan fingerprint density at radius 2 is 2.00 bits per heavy atom. The number of carboxylic acid groups (broad SMARTS) is 1. The molecule has 2 N–H and O–H groups in total. The van der Waals surface area contributed by atoms with E-state index in [4.69, 9.17) is 14.7 Å². The van der Waals surface area contributed by atoms with Crippen molar-refractivity contribution in [2.45, 2.75) is 38.0 Å². The summed E-state index contributed by atoms with van der Waals surface area (Å²) in [6.45, 7) is 0.205. The van der Waals surface area contributed by atoms with E-state index in [9.17, 15) is 4.79 Å². The summed E-state index contributed by atoms with van der Waals surface area (Å²) in [6.07, 6.45) is 8.48. The molecule has 1 unspecified atom stereocenters. The second-order valence-corrected chi connectivity index (χ2v) is 8.02. The number of rotatable bonds is 10. The van der Waals surface area contributed by atoms with Gasteiger partial charge in [0.25, 0.3) is 0 Å². The monoisotopic (exact) mass is 432 g/mol. The number of fused-ring (bicyclic) bond motifs is 1. The predicted molar refractivity (Wildman–Crippen MR) is 123 cm³/mol. The van der Waals surface area contributed by atoms with Crippen molar-refractivity contribution < 1.29 is 19.5 Å². The summed E-state index contributed by atoms with van der Waals surface area (Å²) in [4.78, 5) is 19.8. The van der Waals surface area contributed by atoms with Crippen LogP contribution in [0.1, 0.15) is 47.4 Å². The molecule has 166 valence electrons. The highest BCUT2D eigenvalue weighted by Gasteiger charge is 2.23. The molecule has 6 heteroatoms. The van der Waals surface area contributed by atoms with E-state index in [1.165, 1.54) is 5.56 Å². The van der Waals surface area contributed by atoms with Crippen LogP contribution in [0.25, 0.3) is 0 Å². The fourth-order valence-corrected chi connectivity index (χ4v) is 4.29. The highest BCUT2D eigenvalue weighted by atomic mass is 16.6. The van der Waals surface area contributed by atoms with E-state index in [1.807, 2.05) is 60.9 Å². The summed E-state index contributed by atoms with van der Waals surface area (Å²) >= 11 is 0. The van der Waals surface area contributed by atoms with Gasteiger partial charge in [0.2, 0.25) is 0 Å². The normalized spacial score (nSPS) is 15.8. The molecule has 6 nitrogen and oxygen atoms in total. The molecule has 32 heavy (non-hydrogen) atoms. The molecule has 0 fully saturated rings. The predicted octanol–water partition coefficient (Wildman–Crippen LogP) is 4.95. The summed E-state index contributed by atoms with van der Waals surface area (Å²) in [5.74, 6) is 0.0775. The number of nitrogens with zero attached hydrogens (tertiary/aromatic N) is 1. The van der Waals surface area contributed by atoms with Crippen LogP contribution < -0.4 is 4.74 Å². The molecule has 1 atom stereocenters. The second-order valence-electron chi connectivity index (χ2n) is 8.02. The summed E-state index contributed by atoms with van der Waals surface area (Å²) in [7, 11) is 0. The minimum atomic E-state index is -0.963. The number of nitrogens with one attached hydrogen (secondary N) is 1.